The van der Waals surface area contributed by atoms with Gasteiger partial charge < -0.3 is 20.2 Å². The molecule has 7 nitrogen and oxygen atoms in total. The number of hydrogen-bond donors (Lipinski definition) is 2. The van der Waals surface area contributed by atoms with Crippen molar-refractivity contribution in [3.8, 4) is 0 Å². The van der Waals surface area contributed by atoms with Crippen LogP contribution in [-0.2, 0) is 4.79 Å². The van der Waals surface area contributed by atoms with Gasteiger partial charge >= 0.3 is 12.0 Å². The molecule has 1 unspecified atom stereocenters. The highest BCUT2D eigenvalue weighted by Gasteiger charge is 2.29. The number of aliphatic carboxylic acids is 1. The van der Waals surface area contributed by atoms with E-state index < -0.39 is 11.9 Å². The highest BCUT2D eigenvalue weighted by molar-refractivity contribution is 6.03. The number of carbonyl (C=O) groups excluding carboxylic acids is 2. The first kappa shape index (κ1) is 20.2. The number of carbonyl (C=O) groups is 3. The number of carboxylic acids is 1. The predicted molar refractivity (Wildman–Crippen MR) is 106 cm³/mol. The van der Waals surface area contributed by atoms with E-state index in [1.54, 1.807) is 29.2 Å². The van der Waals surface area contributed by atoms with Crippen LogP contribution in [-0.4, -0.2) is 59.0 Å². The number of para-hydroxylation sites is 1. The third-order valence-corrected chi connectivity index (χ3v) is 5.90. The molecule has 3 rings (SSSR count). The molecule has 1 aromatic carbocycles. The fourth-order valence-corrected chi connectivity index (χ4v) is 4.16. The zero-order valence-electron chi connectivity index (χ0n) is 16.4. The van der Waals surface area contributed by atoms with Crippen LogP contribution in [0.4, 0.5) is 10.5 Å². The standard InChI is InChI=1S/C21H29N3O4/c1-23(16-9-3-2-4-10-16)19(25)17-11-5-6-12-18(17)22-21(28)24-13-7-8-15(14-24)20(26)27/h5-6,11-12,15-16H,2-4,7-10,13-14H2,1H3,(H,22,28)(H,26,27). The first-order valence-electron chi connectivity index (χ1n) is 10.1. The molecule has 1 saturated heterocycles. The molecular formula is C21H29N3O4. The Morgan fingerprint density at radius 3 is 2.50 bits per heavy atom. The van der Waals surface area contributed by atoms with Crippen LogP contribution in [0.5, 0.6) is 0 Å². The van der Waals surface area contributed by atoms with Gasteiger partial charge in [0, 0.05) is 26.2 Å². The van der Waals surface area contributed by atoms with E-state index in [2.05, 4.69) is 5.32 Å². The average Bonchev–Trinajstić information content (AvgIpc) is 2.73. The second-order valence-corrected chi connectivity index (χ2v) is 7.81. The number of hydrogen-bond acceptors (Lipinski definition) is 3. The van der Waals surface area contributed by atoms with E-state index in [9.17, 15) is 19.5 Å². The minimum atomic E-state index is -0.873. The molecule has 1 aromatic rings. The largest absolute Gasteiger partial charge is 0.481 e. The summed E-state index contributed by atoms with van der Waals surface area (Å²) in [5.74, 6) is -1.50. The van der Waals surface area contributed by atoms with Crippen LogP contribution in [0.1, 0.15) is 55.3 Å². The van der Waals surface area contributed by atoms with Crippen molar-refractivity contribution in [3.63, 3.8) is 0 Å². The number of nitrogens with one attached hydrogen (secondary N) is 1. The van der Waals surface area contributed by atoms with E-state index in [1.807, 2.05) is 7.05 Å². The minimum Gasteiger partial charge on any atom is -0.481 e. The molecule has 0 radical (unpaired) electrons. The number of likely N-dealkylation sites (tertiary alicyclic amines) is 1. The number of rotatable bonds is 4. The molecule has 0 aromatic heterocycles. The Morgan fingerprint density at radius 1 is 1.07 bits per heavy atom. The van der Waals surface area contributed by atoms with Crippen molar-refractivity contribution in [1.29, 1.82) is 0 Å². The Kier molecular flexibility index (Phi) is 6.54. The van der Waals surface area contributed by atoms with Gasteiger partial charge in [-0.15, -0.1) is 0 Å². The molecule has 1 heterocycles. The fourth-order valence-electron chi connectivity index (χ4n) is 4.16. The fraction of sp³-hybridized carbons (Fsp3) is 0.571. The van der Waals surface area contributed by atoms with Gasteiger partial charge in [-0.25, -0.2) is 4.79 Å². The summed E-state index contributed by atoms with van der Waals surface area (Å²) in [7, 11) is 1.83. The van der Waals surface area contributed by atoms with E-state index in [0.29, 0.717) is 30.6 Å². The van der Waals surface area contributed by atoms with Crippen LogP contribution in [0.15, 0.2) is 24.3 Å². The van der Waals surface area contributed by atoms with Crippen molar-refractivity contribution in [2.75, 3.05) is 25.5 Å². The third kappa shape index (κ3) is 4.64. The summed E-state index contributed by atoms with van der Waals surface area (Å²) in [5.41, 5.74) is 0.938. The van der Waals surface area contributed by atoms with Gasteiger partial charge in [-0.05, 0) is 37.8 Å². The minimum absolute atomic E-state index is 0.0927. The number of nitrogens with zero attached hydrogens (tertiary/aromatic N) is 2. The van der Waals surface area contributed by atoms with Gasteiger partial charge in [-0.1, -0.05) is 31.4 Å². The van der Waals surface area contributed by atoms with E-state index in [-0.39, 0.29) is 24.5 Å². The van der Waals surface area contributed by atoms with Crippen LogP contribution in [0.25, 0.3) is 0 Å². The second kappa shape index (κ2) is 9.08. The summed E-state index contributed by atoms with van der Waals surface area (Å²) < 4.78 is 0. The smallest absolute Gasteiger partial charge is 0.321 e. The summed E-state index contributed by atoms with van der Waals surface area (Å²) >= 11 is 0. The predicted octanol–water partition coefficient (Wildman–Crippen LogP) is 3.42. The Hall–Kier alpha value is -2.57. The molecule has 3 amide bonds. The van der Waals surface area contributed by atoms with Crippen LogP contribution in [0.2, 0.25) is 0 Å². The Balaban J connectivity index is 1.70. The molecule has 0 bridgehead atoms. The zero-order valence-corrected chi connectivity index (χ0v) is 16.4. The Labute approximate surface area is 165 Å². The molecule has 2 aliphatic rings. The van der Waals surface area contributed by atoms with Crippen molar-refractivity contribution in [3.05, 3.63) is 29.8 Å². The summed E-state index contributed by atoms with van der Waals surface area (Å²) in [5, 5.41) is 12.0. The monoisotopic (exact) mass is 387 g/mol. The van der Waals surface area contributed by atoms with Gasteiger partial charge in [-0.2, -0.15) is 0 Å². The number of urea groups is 1. The average molecular weight is 387 g/mol. The quantitative estimate of drug-likeness (QED) is 0.828. The van der Waals surface area contributed by atoms with E-state index in [1.165, 1.54) is 11.3 Å². The summed E-state index contributed by atoms with van der Waals surface area (Å²) in [6, 6.07) is 6.91. The number of amides is 3. The van der Waals surface area contributed by atoms with Crippen LogP contribution in [0.3, 0.4) is 0 Å². The van der Waals surface area contributed by atoms with Gasteiger partial charge in [0.2, 0.25) is 0 Å². The van der Waals surface area contributed by atoms with Gasteiger partial charge in [0.05, 0.1) is 17.2 Å². The van der Waals surface area contributed by atoms with Crippen LogP contribution >= 0.6 is 0 Å². The van der Waals surface area contributed by atoms with E-state index >= 15 is 0 Å². The molecule has 152 valence electrons. The van der Waals surface area contributed by atoms with Gasteiger partial charge in [0.1, 0.15) is 0 Å². The maximum atomic E-state index is 13.0. The van der Waals surface area contributed by atoms with Gasteiger partial charge in [-0.3, -0.25) is 9.59 Å². The highest BCUT2D eigenvalue weighted by Crippen LogP contribution is 2.25. The Bertz CT molecular complexity index is 730. The SMILES string of the molecule is CN(C(=O)c1ccccc1NC(=O)N1CCCC(C(=O)O)C1)C1CCCCC1. The molecule has 1 aliphatic carbocycles. The molecule has 7 heteroatoms. The normalized spacial score (nSPS) is 20.5. The van der Waals surface area contributed by atoms with Crippen molar-refractivity contribution >= 4 is 23.6 Å². The molecule has 2 N–H and O–H groups in total. The zero-order chi connectivity index (χ0) is 20.1. The highest BCUT2D eigenvalue weighted by atomic mass is 16.4. The van der Waals surface area contributed by atoms with E-state index in [0.717, 1.165) is 25.7 Å². The number of carboxylic acid groups (broad SMARTS) is 1. The van der Waals surface area contributed by atoms with E-state index in [4.69, 9.17) is 0 Å². The molecule has 1 aliphatic heterocycles. The van der Waals surface area contributed by atoms with Crippen molar-refractivity contribution in [2.45, 2.75) is 51.0 Å². The first-order chi connectivity index (χ1) is 13.5. The summed E-state index contributed by atoms with van der Waals surface area (Å²) in [6.07, 6.45) is 6.77. The molecule has 2 fully saturated rings. The van der Waals surface area contributed by atoms with Gasteiger partial charge in [0.15, 0.2) is 0 Å². The molecule has 1 atom stereocenters. The second-order valence-electron chi connectivity index (χ2n) is 7.81. The lowest BCUT2D eigenvalue weighted by Crippen LogP contribution is -2.44. The summed E-state index contributed by atoms with van der Waals surface area (Å²) in [4.78, 5) is 40.3. The molecule has 28 heavy (non-hydrogen) atoms. The first-order valence-corrected chi connectivity index (χ1v) is 10.1. The van der Waals surface area contributed by atoms with Crippen LogP contribution < -0.4 is 5.32 Å². The lowest BCUT2D eigenvalue weighted by molar-refractivity contribution is -0.143. The van der Waals surface area contributed by atoms with Crippen LogP contribution in [0, 0.1) is 5.92 Å². The lowest BCUT2D eigenvalue weighted by Gasteiger charge is -2.32. The lowest BCUT2D eigenvalue weighted by atomic mass is 9.94. The van der Waals surface area contributed by atoms with Crippen molar-refractivity contribution in [1.82, 2.24) is 9.80 Å². The molecule has 1 saturated carbocycles. The topological polar surface area (TPSA) is 90.0 Å². The third-order valence-electron chi connectivity index (χ3n) is 5.90. The number of benzene rings is 1. The Morgan fingerprint density at radius 2 is 1.79 bits per heavy atom. The number of piperidine rings is 1. The number of anilines is 1. The molecule has 0 spiro atoms. The molecular weight excluding hydrogens is 358 g/mol. The van der Waals surface area contributed by atoms with Gasteiger partial charge in [0.25, 0.3) is 5.91 Å². The maximum absolute atomic E-state index is 13.0. The van der Waals surface area contributed by atoms with Crippen molar-refractivity contribution < 1.29 is 19.5 Å². The maximum Gasteiger partial charge on any atom is 0.321 e. The summed E-state index contributed by atoms with van der Waals surface area (Å²) in [6.45, 7) is 0.715. The van der Waals surface area contributed by atoms with Crippen molar-refractivity contribution in [2.24, 2.45) is 5.92 Å².